The predicted molar refractivity (Wildman–Crippen MR) is 101 cm³/mol. The molecule has 8 heteroatoms. The number of amides is 2. The van der Waals surface area contributed by atoms with Crippen molar-refractivity contribution >= 4 is 34.5 Å². The molecule has 0 spiro atoms. The molecule has 0 atom stereocenters. The highest BCUT2D eigenvalue weighted by molar-refractivity contribution is 7.14. The Bertz CT molecular complexity index is 706. The molecule has 1 aliphatic heterocycles. The van der Waals surface area contributed by atoms with Gasteiger partial charge in [-0.1, -0.05) is 6.92 Å². The number of hydrogen-bond donors (Lipinski definition) is 1. The number of aromatic nitrogens is 1. The molecule has 2 amide bonds. The van der Waals surface area contributed by atoms with Gasteiger partial charge < -0.3 is 10.2 Å². The van der Waals surface area contributed by atoms with E-state index in [1.54, 1.807) is 11.3 Å². The highest BCUT2D eigenvalue weighted by atomic mass is 32.1. The number of carbonyl (C=O) groups is 2. The smallest absolute Gasteiger partial charge is 0.273 e. The molecule has 134 valence electrons. The molecule has 6 nitrogen and oxygen atoms in total. The molecule has 2 aromatic rings. The van der Waals surface area contributed by atoms with Gasteiger partial charge in [0, 0.05) is 49.0 Å². The van der Waals surface area contributed by atoms with Crippen molar-refractivity contribution in [3.63, 3.8) is 0 Å². The molecule has 1 saturated heterocycles. The Balaban J connectivity index is 1.51. The van der Waals surface area contributed by atoms with Gasteiger partial charge in [-0.25, -0.2) is 4.98 Å². The van der Waals surface area contributed by atoms with Crippen molar-refractivity contribution < 1.29 is 9.59 Å². The van der Waals surface area contributed by atoms with Crippen molar-refractivity contribution in [2.24, 2.45) is 0 Å². The average Bonchev–Trinajstić information content (AvgIpc) is 3.31. The molecule has 0 radical (unpaired) electrons. The Morgan fingerprint density at radius 2 is 2.04 bits per heavy atom. The fraction of sp³-hybridized carbons (Fsp3) is 0.471. The van der Waals surface area contributed by atoms with Gasteiger partial charge in [0.15, 0.2) is 0 Å². The zero-order valence-electron chi connectivity index (χ0n) is 14.2. The van der Waals surface area contributed by atoms with Gasteiger partial charge >= 0.3 is 0 Å². The highest BCUT2D eigenvalue weighted by Crippen LogP contribution is 2.26. The Kier molecular flexibility index (Phi) is 6.17. The molecular weight excluding hydrogens is 356 g/mol. The van der Waals surface area contributed by atoms with Gasteiger partial charge in [-0.3, -0.25) is 14.5 Å². The Labute approximate surface area is 155 Å². The summed E-state index contributed by atoms with van der Waals surface area (Å²) in [5.41, 5.74) is 1.58. The van der Waals surface area contributed by atoms with Gasteiger partial charge in [0.1, 0.15) is 10.7 Å². The van der Waals surface area contributed by atoms with Crippen LogP contribution in [0.2, 0.25) is 0 Å². The molecule has 1 aliphatic rings. The van der Waals surface area contributed by atoms with E-state index in [1.807, 2.05) is 34.0 Å². The van der Waals surface area contributed by atoms with Gasteiger partial charge in [0.2, 0.25) is 5.91 Å². The van der Waals surface area contributed by atoms with Crippen molar-refractivity contribution in [3.8, 4) is 10.6 Å². The third kappa shape index (κ3) is 4.65. The monoisotopic (exact) mass is 378 g/mol. The van der Waals surface area contributed by atoms with Crippen LogP contribution in [-0.2, 0) is 4.79 Å². The molecule has 0 saturated carbocycles. The van der Waals surface area contributed by atoms with Gasteiger partial charge in [-0.15, -0.1) is 11.3 Å². The minimum absolute atomic E-state index is 0.0205. The first kappa shape index (κ1) is 18.0. The zero-order chi connectivity index (χ0) is 17.6. The number of carbonyl (C=O) groups excluding carboxylic acids is 2. The van der Waals surface area contributed by atoms with Crippen LogP contribution in [0, 0.1) is 0 Å². The Hall–Kier alpha value is -1.77. The van der Waals surface area contributed by atoms with Crippen LogP contribution in [0.1, 0.15) is 23.8 Å². The minimum Gasteiger partial charge on any atom is -0.355 e. The molecule has 0 aromatic carbocycles. The van der Waals surface area contributed by atoms with Crippen LogP contribution in [0.4, 0.5) is 0 Å². The summed E-state index contributed by atoms with van der Waals surface area (Å²) in [6, 6.07) is 2.01. The molecule has 3 heterocycles. The lowest BCUT2D eigenvalue weighted by Gasteiger charge is -2.33. The Morgan fingerprint density at radius 1 is 1.24 bits per heavy atom. The van der Waals surface area contributed by atoms with E-state index in [0.717, 1.165) is 17.0 Å². The van der Waals surface area contributed by atoms with E-state index in [4.69, 9.17) is 0 Å². The van der Waals surface area contributed by atoms with Crippen molar-refractivity contribution in [1.82, 2.24) is 20.1 Å². The van der Waals surface area contributed by atoms with Crippen LogP contribution < -0.4 is 5.32 Å². The lowest BCUT2D eigenvalue weighted by molar-refractivity contribution is -0.122. The van der Waals surface area contributed by atoms with Crippen molar-refractivity contribution in [3.05, 3.63) is 27.9 Å². The van der Waals surface area contributed by atoms with Crippen LogP contribution in [0.3, 0.4) is 0 Å². The summed E-state index contributed by atoms with van der Waals surface area (Å²) >= 11 is 3.12. The second kappa shape index (κ2) is 8.55. The fourth-order valence-corrected chi connectivity index (χ4v) is 4.19. The first-order chi connectivity index (χ1) is 12.2. The van der Waals surface area contributed by atoms with Gasteiger partial charge in [0.25, 0.3) is 5.91 Å². The van der Waals surface area contributed by atoms with Crippen LogP contribution >= 0.6 is 22.7 Å². The normalized spacial score (nSPS) is 15.3. The summed E-state index contributed by atoms with van der Waals surface area (Å²) < 4.78 is 0. The topological polar surface area (TPSA) is 65.5 Å². The van der Waals surface area contributed by atoms with Crippen molar-refractivity contribution in [2.45, 2.75) is 13.3 Å². The second-order valence-electron chi connectivity index (χ2n) is 5.97. The number of nitrogens with zero attached hydrogens (tertiary/aromatic N) is 3. The first-order valence-electron chi connectivity index (χ1n) is 8.44. The van der Waals surface area contributed by atoms with Gasteiger partial charge in [-0.2, -0.15) is 11.3 Å². The molecule has 25 heavy (non-hydrogen) atoms. The van der Waals surface area contributed by atoms with Gasteiger partial charge in [-0.05, 0) is 17.9 Å². The highest BCUT2D eigenvalue weighted by Gasteiger charge is 2.24. The number of rotatable bonds is 6. The number of piperazine rings is 1. The standard InChI is InChI=1S/C17H22N4O2S2/c1-2-4-18-15(22)10-20-5-7-21(8-6-20)17(23)14-12-25-16(19-14)13-3-9-24-11-13/h3,9,11-12H,2,4-8,10H2,1H3,(H,18,22). The lowest BCUT2D eigenvalue weighted by Crippen LogP contribution is -2.51. The summed E-state index contributed by atoms with van der Waals surface area (Å²) in [4.78, 5) is 32.8. The molecular formula is C17H22N4O2S2. The third-order valence-electron chi connectivity index (χ3n) is 4.09. The van der Waals surface area contributed by atoms with Gasteiger partial charge in [0.05, 0.1) is 6.54 Å². The summed E-state index contributed by atoms with van der Waals surface area (Å²) in [5.74, 6) is 0.0364. The first-order valence-corrected chi connectivity index (χ1v) is 10.3. The molecule has 2 aromatic heterocycles. The molecule has 0 unspecified atom stereocenters. The SMILES string of the molecule is CCCNC(=O)CN1CCN(C(=O)c2csc(-c3ccsc3)n2)CC1. The number of thiazole rings is 1. The van der Waals surface area contributed by atoms with E-state index in [2.05, 4.69) is 15.2 Å². The van der Waals surface area contributed by atoms with Crippen LogP contribution in [0.15, 0.2) is 22.2 Å². The average molecular weight is 379 g/mol. The molecule has 0 aliphatic carbocycles. The van der Waals surface area contributed by atoms with E-state index in [0.29, 0.717) is 45.0 Å². The Morgan fingerprint density at radius 3 is 2.72 bits per heavy atom. The maximum atomic E-state index is 12.6. The summed E-state index contributed by atoms with van der Waals surface area (Å²) in [6.07, 6.45) is 0.940. The van der Waals surface area contributed by atoms with Crippen molar-refractivity contribution in [2.75, 3.05) is 39.3 Å². The van der Waals surface area contributed by atoms with Crippen LogP contribution in [0.25, 0.3) is 10.6 Å². The number of hydrogen-bond acceptors (Lipinski definition) is 6. The van der Waals surface area contributed by atoms with E-state index in [-0.39, 0.29) is 11.8 Å². The summed E-state index contributed by atoms with van der Waals surface area (Å²) in [5, 5.41) is 9.65. The molecule has 3 rings (SSSR count). The molecule has 1 fully saturated rings. The van der Waals surface area contributed by atoms with Crippen molar-refractivity contribution in [1.29, 1.82) is 0 Å². The van der Waals surface area contributed by atoms with E-state index < -0.39 is 0 Å². The molecule has 1 N–H and O–H groups in total. The van der Waals surface area contributed by atoms with E-state index in [9.17, 15) is 9.59 Å². The number of nitrogens with one attached hydrogen (secondary N) is 1. The third-order valence-corrected chi connectivity index (χ3v) is 5.66. The minimum atomic E-state index is -0.0205. The van der Waals surface area contributed by atoms with E-state index >= 15 is 0 Å². The zero-order valence-corrected chi connectivity index (χ0v) is 15.9. The second-order valence-corrected chi connectivity index (χ2v) is 7.61. The quantitative estimate of drug-likeness (QED) is 0.837. The summed E-state index contributed by atoms with van der Waals surface area (Å²) in [6.45, 7) is 5.84. The summed E-state index contributed by atoms with van der Waals surface area (Å²) in [7, 11) is 0. The number of thiophene rings is 1. The largest absolute Gasteiger partial charge is 0.355 e. The fourth-order valence-electron chi connectivity index (χ4n) is 2.69. The lowest BCUT2D eigenvalue weighted by atomic mass is 10.2. The van der Waals surface area contributed by atoms with Crippen LogP contribution in [0.5, 0.6) is 0 Å². The maximum absolute atomic E-state index is 12.6. The maximum Gasteiger partial charge on any atom is 0.273 e. The predicted octanol–water partition coefficient (Wildman–Crippen LogP) is 2.16. The van der Waals surface area contributed by atoms with E-state index in [1.165, 1.54) is 11.3 Å². The molecule has 0 bridgehead atoms. The van der Waals surface area contributed by atoms with Crippen LogP contribution in [-0.4, -0.2) is 65.9 Å².